The number of methoxy groups -OCH3 is 1. The highest BCUT2D eigenvalue weighted by atomic mass is 16.5. The van der Waals surface area contributed by atoms with E-state index in [1.807, 2.05) is 19.2 Å². The molecule has 4 nitrogen and oxygen atoms in total. The molecule has 0 bridgehead atoms. The minimum absolute atomic E-state index is 0.605. The number of benzene rings is 1. The maximum absolute atomic E-state index is 11.4. The van der Waals surface area contributed by atoms with E-state index in [0.29, 0.717) is 5.56 Å². The summed E-state index contributed by atoms with van der Waals surface area (Å²) in [6, 6.07) is 5.67. The van der Waals surface area contributed by atoms with Crippen LogP contribution in [0.1, 0.15) is 23.7 Å². The van der Waals surface area contributed by atoms with E-state index in [1.165, 1.54) is 7.11 Å². The second-order valence-corrected chi connectivity index (χ2v) is 4.30. The molecule has 0 saturated carbocycles. The molecule has 1 unspecified atom stereocenters. The highest BCUT2D eigenvalue weighted by Gasteiger charge is 2.25. The van der Waals surface area contributed by atoms with Crippen LogP contribution in [-0.4, -0.2) is 31.8 Å². The minimum Gasteiger partial charge on any atom is -0.467 e. The third kappa shape index (κ3) is 2.13. The van der Waals surface area contributed by atoms with Gasteiger partial charge >= 0.3 is 5.97 Å². The number of esters is 1. The van der Waals surface area contributed by atoms with Crippen LogP contribution in [0, 0.1) is 0 Å². The molecular weight excluding hydrogens is 218 g/mol. The summed E-state index contributed by atoms with van der Waals surface area (Å²) in [5, 5.41) is 9.94. The van der Waals surface area contributed by atoms with E-state index < -0.39 is 12.1 Å². The van der Waals surface area contributed by atoms with E-state index >= 15 is 0 Å². The second kappa shape index (κ2) is 4.75. The number of fused-ring (bicyclic) bond motifs is 1. The van der Waals surface area contributed by atoms with Crippen LogP contribution in [0.25, 0.3) is 0 Å². The molecular formula is C13H17NO3. The van der Waals surface area contributed by atoms with Crippen LogP contribution in [-0.2, 0) is 16.0 Å². The largest absolute Gasteiger partial charge is 0.467 e. The first-order chi connectivity index (χ1) is 8.15. The van der Waals surface area contributed by atoms with E-state index in [0.717, 1.165) is 30.6 Å². The molecule has 0 spiro atoms. The van der Waals surface area contributed by atoms with Gasteiger partial charge in [0.15, 0.2) is 6.10 Å². The Balaban J connectivity index is 2.42. The van der Waals surface area contributed by atoms with Crippen molar-refractivity contribution < 1.29 is 14.6 Å². The summed E-state index contributed by atoms with van der Waals surface area (Å²) < 4.78 is 4.58. The maximum atomic E-state index is 11.4. The van der Waals surface area contributed by atoms with Gasteiger partial charge in [0, 0.05) is 19.3 Å². The van der Waals surface area contributed by atoms with Crippen LogP contribution >= 0.6 is 0 Å². The Morgan fingerprint density at radius 3 is 3.00 bits per heavy atom. The highest BCUT2D eigenvalue weighted by molar-refractivity contribution is 5.78. The Labute approximate surface area is 101 Å². The molecule has 1 aliphatic heterocycles. The summed E-state index contributed by atoms with van der Waals surface area (Å²) in [5.41, 5.74) is 2.82. The van der Waals surface area contributed by atoms with Gasteiger partial charge in [0.25, 0.3) is 0 Å². The maximum Gasteiger partial charge on any atom is 0.339 e. The fourth-order valence-corrected chi connectivity index (χ4v) is 2.33. The number of anilines is 1. The number of aliphatic hydroxyl groups is 1. The molecule has 2 rings (SSSR count). The number of hydrogen-bond donors (Lipinski definition) is 1. The first kappa shape index (κ1) is 11.9. The predicted molar refractivity (Wildman–Crippen MR) is 65.0 cm³/mol. The monoisotopic (exact) mass is 235 g/mol. The van der Waals surface area contributed by atoms with Gasteiger partial charge in [0.1, 0.15) is 0 Å². The zero-order chi connectivity index (χ0) is 12.4. The highest BCUT2D eigenvalue weighted by Crippen LogP contribution is 2.32. The molecule has 0 aromatic heterocycles. The van der Waals surface area contributed by atoms with Gasteiger partial charge < -0.3 is 14.7 Å². The molecule has 0 amide bonds. The van der Waals surface area contributed by atoms with Gasteiger partial charge in [0.2, 0.25) is 0 Å². The molecule has 4 heteroatoms. The lowest BCUT2D eigenvalue weighted by Gasteiger charge is -2.29. The quantitative estimate of drug-likeness (QED) is 0.784. The Hall–Kier alpha value is -1.55. The van der Waals surface area contributed by atoms with Crippen molar-refractivity contribution in [2.24, 2.45) is 0 Å². The molecule has 92 valence electrons. The van der Waals surface area contributed by atoms with Gasteiger partial charge in [-0.05, 0) is 30.0 Å². The average molecular weight is 235 g/mol. The van der Waals surface area contributed by atoms with Crippen molar-refractivity contribution in [3.05, 3.63) is 29.3 Å². The van der Waals surface area contributed by atoms with Crippen molar-refractivity contribution in [2.75, 3.05) is 25.6 Å². The molecule has 0 radical (unpaired) electrons. The average Bonchev–Trinajstić information content (AvgIpc) is 2.37. The smallest absolute Gasteiger partial charge is 0.339 e. The number of aliphatic hydroxyl groups excluding tert-OH is 1. The molecule has 1 heterocycles. The fraction of sp³-hybridized carbons (Fsp3) is 0.462. The van der Waals surface area contributed by atoms with Crippen LogP contribution in [0.5, 0.6) is 0 Å². The van der Waals surface area contributed by atoms with Crippen molar-refractivity contribution in [3.8, 4) is 0 Å². The Bertz CT molecular complexity index is 431. The normalized spacial score (nSPS) is 16.3. The molecule has 0 saturated heterocycles. The van der Waals surface area contributed by atoms with Crippen molar-refractivity contribution in [1.82, 2.24) is 0 Å². The first-order valence-electron chi connectivity index (χ1n) is 5.74. The molecule has 1 aromatic rings. The Kier molecular flexibility index (Phi) is 3.33. The lowest BCUT2D eigenvalue weighted by atomic mass is 9.93. The van der Waals surface area contributed by atoms with Gasteiger partial charge in [-0.1, -0.05) is 12.1 Å². The topological polar surface area (TPSA) is 49.8 Å². The molecule has 0 aliphatic carbocycles. The lowest BCUT2D eigenvalue weighted by Crippen LogP contribution is -2.26. The van der Waals surface area contributed by atoms with E-state index in [9.17, 15) is 9.90 Å². The third-order valence-electron chi connectivity index (χ3n) is 3.24. The number of ether oxygens (including phenoxy) is 1. The summed E-state index contributed by atoms with van der Waals surface area (Å²) in [7, 11) is 3.30. The van der Waals surface area contributed by atoms with Crippen LogP contribution in [0.4, 0.5) is 5.69 Å². The molecule has 1 N–H and O–H groups in total. The van der Waals surface area contributed by atoms with Crippen molar-refractivity contribution in [2.45, 2.75) is 18.9 Å². The van der Waals surface area contributed by atoms with Crippen molar-refractivity contribution in [1.29, 1.82) is 0 Å². The van der Waals surface area contributed by atoms with Gasteiger partial charge in [-0.15, -0.1) is 0 Å². The Morgan fingerprint density at radius 2 is 2.29 bits per heavy atom. The van der Waals surface area contributed by atoms with Gasteiger partial charge in [-0.25, -0.2) is 4.79 Å². The zero-order valence-corrected chi connectivity index (χ0v) is 10.1. The van der Waals surface area contributed by atoms with E-state index in [-0.39, 0.29) is 0 Å². The molecule has 17 heavy (non-hydrogen) atoms. The fourth-order valence-electron chi connectivity index (χ4n) is 2.33. The second-order valence-electron chi connectivity index (χ2n) is 4.30. The van der Waals surface area contributed by atoms with Gasteiger partial charge in [0.05, 0.1) is 7.11 Å². The summed E-state index contributed by atoms with van der Waals surface area (Å²) in [4.78, 5) is 13.5. The number of carbonyl (C=O) groups excluding carboxylic acids is 1. The minimum atomic E-state index is -1.18. The lowest BCUT2D eigenvalue weighted by molar-refractivity contribution is -0.150. The van der Waals surface area contributed by atoms with E-state index in [1.54, 1.807) is 6.07 Å². The molecule has 1 atom stereocenters. The predicted octanol–water partition coefficient (Wildman–Crippen LogP) is 1.28. The van der Waals surface area contributed by atoms with E-state index in [2.05, 4.69) is 9.64 Å². The standard InChI is InChI=1S/C13H17NO3/c1-14-8-4-6-9-10(5-3-7-11(9)14)12(15)13(16)17-2/h3,5,7,12,15H,4,6,8H2,1-2H3. The molecule has 1 aliphatic rings. The number of carbonyl (C=O) groups is 1. The Morgan fingerprint density at radius 1 is 1.53 bits per heavy atom. The van der Waals surface area contributed by atoms with Gasteiger partial charge in [-0.2, -0.15) is 0 Å². The van der Waals surface area contributed by atoms with Crippen LogP contribution in [0.15, 0.2) is 18.2 Å². The van der Waals surface area contributed by atoms with Crippen LogP contribution < -0.4 is 4.90 Å². The third-order valence-corrected chi connectivity index (χ3v) is 3.24. The van der Waals surface area contributed by atoms with Crippen LogP contribution in [0.3, 0.4) is 0 Å². The summed E-state index contributed by atoms with van der Waals surface area (Å²) in [5.74, 6) is -0.605. The summed E-state index contributed by atoms with van der Waals surface area (Å²) in [6.45, 7) is 1.00. The summed E-state index contributed by atoms with van der Waals surface area (Å²) >= 11 is 0. The molecule has 1 aromatic carbocycles. The number of hydrogen-bond acceptors (Lipinski definition) is 4. The van der Waals surface area contributed by atoms with E-state index in [4.69, 9.17) is 0 Å². The number of rotatable bonds is 2. The SMILES string of the molecule is COC(=O)C(O)c1cccc2c1CCCN2C. The summed E-state index contributed by atoms with van der Waals surface area (Å²) in [6.07, 6.45) is 0.750. The van der Waals surface area contributed by atoms with Gasteiger partial charge in [-0.3, -0.25) is 0 Å². The van der Waals surface area contributed by atoms with Crippen molar-refractivity contribution >= 4 is 11.7 Å². The molecule has 0 fully saturated rings. The number of nitrogens with zero attached hydrogens (tertiary/aromatic N) is 1. The zero-order valence-electron chi connectivity index (χ0n) is 10.1. The first-order valence-corrected chi connectivity index (χ1v) is 5.74. The van der Waals surface area contributed by atoms with Crippen molar-refractivity contribution in [3.63, 3.8) is 0 Å². The van der Waals surface area contributed by atoms with Crippen LogP contribution in [0.2, 0.25) is 0 Å².